The lowest BCUT2D eigenvalue weighted by atomic mass is 9.91. The third-order valence-corrected chi connectivity index (χ3v) is 8.84. The van der Waals surface area contributed by atoms with E-state index in [0.29, 0.717) is 25.9 Å². The van der Waals surface area contributed by atoms with Crippen LogP contribution in [0.2, 0.25) is 0 Å². The number of esters is 1. The van der Waals surface area contributed by atoms with E-state index in [9.17, 15) is 14.7 Å². The standard InChI is InChI=1S/C33H50N4O5/c1-24-9-11-29(38)23-31(39)42-32(25(2)10-12-30(24)41-33(40)37-19-15-35(5)16-20-37)26(3)21-27-7-6-8-28(22-27)36-17-13-34(4)14-18-36/h6-8,10,12,21-22,24-25,29-30,32,38H,9,11,13-20,23H2,1-5H3/b12-10-,26-21+/t24-,25-,29+,30-,32-/m0/s1. The number of aliphatic hydroxyl groups is 1. The second kappa shape index (κ2) is 15.0. The Bertz CT molecular complexity index is 1110. The van der Waals surface area contributed by atoms with Crippen LogP contribution in [-0.2, 0) is 14.3 Å². The van der Waals surface area contributed by atoms with E-state index in [2.05, 4.69) is 59.1 Å². The number of ether oxygens (including phenoxy) is 2. The van der Waals surface area contributed by atoms with Crippen LogP contribution in [0.5, 0.6) is 0 Å². The fourth-order valence-corrected chi connectivity index (χ4v) is 5.85. The second-order valence-electron chi connectivity index (χ2n) is 12.5. The van der Waals surface area contributed by atoms with E-state index in [1.165, 1.54) is 5.69 Å². The van der Waals surface area contributed by atoms with Crippen LogP contribution in [0.15, 0.2) is 42.0 Å². The Morgan fingerprint density at radius 2 is 1.64 bits per heavy atom. The number of piperazine rings is 2. The lowest BCUT2D eigenvalue weighted by Gasteiger charge is -2.34. The number of carbonyl (C=O) groups is 2. The lowest BCUT2D eigenvalue weighted by molar-refractivity contribution is -0.151. The average molecular weight is 583 g/mol. The molecule has 5 atom stereocenters. The van der Waals surface area contributed by atoms with Crippen molar-refractivity contribution < 1.29 is 24.2 Å². The van der Waals surface area contributed by atoms with Gasteiger partial charge in [-0.1, -0.05) is 38.1 Å². The predicted octanol–water partition coefficient (Wildman–Crippen LogP) is 3.88. The van der Waals surface area contributed by atoms with Crippen molar-refractivity contribution in [3.8, 4) is 0 Å². The molecular weight excluding hydrogens is 532 g/mol. The lowest BCUT2D eigenvalue weighted by Crippen LogP contribution is -2.48. The molecule has 2 saturated heterocycles. The summed E-state index contributed by atoms with van der Waals surface area (Å²) in [5, 5.41) is 10.6. The highest BCUT2D eigenvalue weighted by molar-refractivity contribution is 5.71. The summed E-state index contributed by atoms with van der Waals surface area (Å²) in [5.74, 6) is -0.583. The number of rotatable bonds is 4. The predicted molar refractivity (Wildman–Crippen MR) is 166 cm³/mol. The van der Waals surface area contributed by atoms with E-state index < -0.39 is 24.3 Å². The highest BCUT2D eigenvalue weighted by atomic mass is 16.6. The molecule has 42 heavy (non-hydrogen) atoms. The van der Waals surface area contributed by atoms with Crippen molar-refractivity contribution in [1.29, 1.82) is 0 Å². The number of cyclic esters (lactones) is 1. The molecule has 0 bridgehead atoms. The van der Waals surface area contributed by atoms with Crippen molar-refractivity contribution in [1.82, 2.24) is 14.7 Å². The molecular formula is C33H50N4O5. The third kappa shape index (κ3) is 9.06. The SMILES string of the molecule is C/C(=C\c1cccc(N2CCN(C)CC2)c1)[C@H]1OC(=O)C[C@H](O)CC[C@H](C)[C@@H](OC(=O)N2CCN(C)CC2)/C=C\[C@@H]1C. The van der Waals surface area contributed by atoms with E-state index >= 15 is 0 Å². The Kier molecular flexibility index (Phi) is 11.5. The van der Waals surface area contributed by atoms with Gasteiger partial charge in [-0.2, -0.15) is 0 Å². The highest BCUT2D eigenvalue weighted by Gasteiger charge is 2.29. The Morgan fingerprint density at radius 3 is 2.33 bits per heavy atom. The molecule has 0 unspecified atom stereocenters. The van der Waals surface area contributed by atoms with Gasteiger partial charge in [-0.15, -0.1) is 0 Å². The van der Waals surface area contributed by atoms with Gasteiger partial charge in [-0.3, -0.25) is 4.79 Å². The second-order valence-corrected chi connectivity index (χ2v) is 12.5. The van der Waals surface area contributed by atoms with Crippen LogP contribution in [0.1, 0.15) is 45.6 Å². The largest absolute Gasteiger partial charge is 0.457 e. The van der Waals surface area contributed by atoms with Crippen LogP contribution >= 0.6 is 0 Å². The summed E-state index contributed by atoms with van der Waals surface area (Å²) in [4.78, 5) is 34.6. The monoisotopic (exact) mass is 582 g/mol. The Labute approximate surface area is 251 Å². The smallest absolute Gasteiger partial charge is 0.410 e. The number of amides is 1. The molecule has 3 aliphatic rings. The molecule has 0 saturated carbocycles. The van der Waals surface area contributed by atoms with Crippen LogP contribution < -0.4 is 4.90 Å². The summed E-state index contributed by atoms with van der Waals surface area (Å²) in [6, 6.07) is 8.47. The molecule has 1 amide bonds. The van der Waals surface area contributed by atoms with E-state index in [1.54, 1.807) is 4.90 Å². The number of carbonyl (C=O) groups excluding carboxylic acids is 2. The van der Waals surface area contributed by atoms with Gasteiger partial charge in [-0.05, 0) is 69.1 Å². The van der Waals surface area contributed by atoms with Crippen molar-refractivity contribution in [2.24, 2.45) is 11.8 Å². The van der Waals surface area contributed by atoms with E-state index in [1.807, 2.05) is 32.9 Å². The molecule has 0 aromatic heterocycles. The molecule has 1 aromatic rings. The van der Waals surface area contributed by atoms with Crippen LogP contribution in [0.4, 0.5) is 10.5 Å². The first-order chi connectivity index (χ1) is 20.1. The van der Waals surface area contributed by atoms with Gasteiger partial charge in [0, 0.05) is 64.0 Å². The molecule has 4 rings (SSSR count). The Balaban J connectivity index is 1.53. The maximum atomic E-state index is 13.0. The number of benzene rings is 1. The summed E-state index contributed by atoms with van der Waals surface area (Å²) in [5.41, 5.74) is 3.16. The maximum absolute atomic E-state index is 13.0. The zero-order valence-corrected chi connectivity index (χ0v) is 26.1. The number of hydrogen-bond donors (Lipinski definition) is 1. The molecule has 0 radical (unpaired) electrons. The average Bonchev–Trinajstić information content (AvgIpc) is 2.96. The van der Waals surface area contributed by atoms with Gasteiger partial charge in [-0.25, -0.2) is 4.79 Å². The zero-order valence-electron chi connectivity index (χ0n) is 26.1. The minimum atomic E-state index is -0.808. The fourth-order valence-electron chi connectivity index (χ4n) is 5.85. The summed E-state index contributed by atoms with van der Waals surface area (Å²) in [6.07, 6.45) is 4.97. The van der Waals surface area contributed by atoms with Gasteiger partial charge in [0.1, 0.15) is 12.2 Å². The van der Waals surface area contributed by atoms with Gasteiger partial charge in [0.25, 0.3) is 0 Å². The zero-order chi connectivity index (χ0) is 30.2. The first kappa shape index (κ1) is 32.0. The first-order valence-electron chi connectivity index (χ1n) is 15.5. The summed E-state index contributed by atoms with van der Waals surface area (Å²) in [6.45, 7) is 13.0. The fraction of sp³-hybridized carbons (Fsp3) is 0.636. The highest BCUT2D eigenvalue weighted by Crippen LogP contribution is 2.27. The molecule has 1 N–H and O–H groups in total. The third-order valence-electron chi connectivity index (χ3n) is 8.84. The van der Waals surface area contributed by atoms with E-state index in [-0.39, 0.29) is 24.3 Å². The van der Waals surface area contributed by atoms with Gasteiger partial charge in [0.2, 0.25) is 0 Å². The molecule has 232 valence electrons. The van der Waals surface area contributed by atoms with Crippen molar-refractivity contribution in [3.05, 3.63) is 47.6 Å². The number of aliphatic hydroxyl groups excluding tert-OH is 1. The van der Waals surface area contributed by atoms with E-state index in [0.717, 1.165) is 50.4 Å². The van der Waals surface area contributed by atoms with Gasteiger partial charge < -0.3 is 34.2 Å². The molecule has 9 heteroatoms. The van der Waals surface area contributed by atoms with Gasteiger partial charge in [0.05, 0.1) is 12.5 Å². The topological polar surface area (TPSA) is 85.8 Å². The number of nitrogens with zero attached hydrogens (tertiary/aromatic N) is 4. The maximum Gasteiger partial charge on any atom is 0.410 e. The summed E-state index contributed by atoms with van der Waals surface area (Å²) < 4.78 is 12.0. The van der Waals surface area contributed by atoms with Gasteiger partial charge in [0.15, 0.2) is 0 Å². The van der Waals surface area contributed by atoms with Crippen molar-refractivity contribution in [2.45, 2.75) is 58.3 Å². The molecule has 3 aliphatic heterocycles. The molecule has 2 fully saturated rings. The molecule has 0 spiro atoms. The van der Waals surface area contributed by atoms with E-state index in [4.69, 9.17) is 9.47 Å². The van der Waals surface area contributed by atoms with Crippen LogP contribution in [0.25, 0.3) is 6.08 Å². The summed E-state index contributed by atoms with van der Waals surface area (Å²) in [7, 11) is 4.20. The minimum Gasteiger partial charge on any atom is -0.457 e. The molecule has 3 heterocycles. The van der Waals surface area contributed by atoms with Crippen molar-refractivity contribution in [3.63, 3.8) is 0 Å². The Hall–Kier alpha value is -2.88. The number of hydrogen-bond acceptors (Lipinski definition) is 8. The number of likely N-dealkylation sites (N-methyl/N-ethyl adjacent to an activating group) is 2. The Morgan fingerprint density at radius 1 is 0.976 bits per heavy atom. The first-order valence-corrected chi connectivity index (χ1v) is 15.5. The normalized spacial score (nSPS) is 30.2. The van der Waals surface area contributed by atoms with Crippen molar-refractivity contribution >= 4 is 23.8 Å². The minimum absolute atomic E-state index is 0.0117. The van der Waals surface area contributed by atoms with Crippen LogP contribution in [0, 0.1) is 11.8 Å². The number of anilines is 1. The molecule has 0 aliphatic carbocycles. The molecule has 1 aromatic carbocycles. The van der Waals surface area contributed by atoms with Crippen LogP contribution in [-0.4, -0.2) is 117 Å². The molecule has 9 nitrogen and oxygen atoms in total. The van der Waals surface area contributed by atoms with Crippen molar-refractivity contribution in [2.75, 3.05) is 71.4 Å². The van der Waals surface area contributed by atoms with Gasteiger partial charge >= 0.3 is 12.1 Å². The van der Waals surface area contributed by atoms with Crippen LogP contribution in [0.3, 0.4) is 0 Å². The quantitative estimate of drug-likeness (QED) is 0.423. The summed E-state index contributed by atoms with van der Waals surface area (Å²) >= 11 is 0.